The molecule has 4 rings (SSSR count). The molecule has 0 spiro atoms. The topological polar surface area (TPSA) is 102 Å². The standard InChI is InChI=1S/C27H28N2O5S/c1-16(2)27(31)19-7-5-6-18(12-19)24-15-25(30)22-14-21(10-11-23(22)28-24)35(32,33)29-20-9-8-17(3)26(13-20)34-4/h5-14,16,24,28-29H,15H2,1-4H3. The number of ketones is 2. The first-order valence-corrected chi connectivity index (χ1v) is 12.8. The largest absolute Gasteiger partial charge is 0.496 e. The van der Waals surface area contributed by atoms with Crippen LogP contribution >= 0.6 is 0 Å². The van der Waals surface area contributed by atoms with Crippen LogP contribution in [0.1, 0.15) is 58.2 Å². The van der Waals surface area contributed by atoms with Crippen molar-refractivity contribution in [3.05, 3.63) is 82.9 Å². The number of carbonyl (C=O) groups is 2. The number of hydrogen-bond acceptors (Lipinski definition) is 6. The Morgan fingerprint density at radius 3 is 2.57 bits per heavy atom. The fourth-order valence-electron chi connectivity index (χ4n) is 4.12. The molecule has 1 atom stereocenters. The van der Waals surface area contributed by atoms with Gasteiger partial charge in [0.2, 0.25) is 0 Å². The molecule has 3 aromatic rings. The molecule has 0 amide bonds. The van der Waals surface area contributed by atoms with Gasteiger partial charge in [-0.25, -0.2) is 8.42 Å². The first kappa shape index (κ1) is 24.5. The molecule has 0 aromatic heterocycles. The Morgan fingerprint density at radius 1 is 1.09 bits per heavy atom. The summed E-state index contributed by atoms with van der Waals surface area (Å²) in [6.45, 7) is 5.57. The summed E-state index contributed by atoms with van der Waals surface area (Å²) in [4.78, 5) is 25.4. The lowest BCUT2D eigenvalue weighted by molar-refractivity contribution is 0.0938. The number of aryl methyl sites for hydroxylation is 1. The second-order valence-electron chi connectivity index (χ2n) is 8.97. The van der Waals surface area contributed by atoms with E-state index >= 15 is 0 Å². The van der Waals surface area contributed by atoms with E-state index in [-0.39, 0.29) is 34.8 Å². The van der Waals surface area contributed by atoms with Crippen LogP contribution in [0, 0.1) is 12.8 Å². The zero-order valence-electron chi connectivity index (χ0n) is 20.1. The first-order valence-electron chi connectivity index (χ1n) is 11.3. The lowest BCUT2D eigenvalue weighted by Gasteiger charge is -2.27. The van der Waals surface area contributed by atoms with Gasteiger partial charge in [-0.05, 0) is 48.4 Å². The molecule has 182 valence electrons. The van der Waals surface area contributed by atoms with Crippen molar-refractivity contribution in [1.29, 1.82) is 0 Å². The smallest absolute Gasteiger partial charge is 0.261 e. The second kappa shape index (κ2) is 9.54. The van der Waals surface area contributed by atoms with Crippen molar-refractivity contribution >= 4 is 33.0 Å². The number of ether oxygens (including phenoxy) is 1. The van der Waals surface area contributed by atoms with Gasteiger partial charge in [0.05, 0.1) is 23.7 Å². The summed E-state index contributed by atoms with van der Waals surface area (Å²) in [6.07, 6.45) is 0.151. The predicted molar refractivity (Wildman–Crippen MR) is 136 cm³/mol. The Labute approximate surface area is 205 Å². The molecule has 1 aliphatic rings. The molecular weight excluding hydrogens is 464 g/mol. The number of rotatable bonds is 7. The van der Waals surface area contributed by atoms with Crippen molar-refractivity contribution in [3.63, 3.8) is 0 Å². The summed E-state index contributed by atoms with van der Waals surface area (Å²) in [6, 6.07) is 16.5. The van der Waals surface area contributed by atoms with Crippen molar-refractivity contribution in [2.45, 2.75) is 38.1 Å². The van der Waals surface area contributed by atoms with Crippen molar-refractivity contribution in [1.82, 2.24) is 0 Å². The maximum absolute atomic E-state index is 13.0. The van der Waals surface area contributed by atoms with Crippen LogP contribution in [0.15, 0.2) is 65.6 Å². The van der Waals surface area contributed by atoms with E-state index in [9.17, 15) is 18.0 Å². The fraction of sp³-hybridized carbons (Fsp3) is 0.259. The number of fused-ring (bicyclic) bond motifs is 1. The Hall–Kier alpha value is -3.65. The number of methoxy groups -OCH3 is 1. The zero-order valence-corrected chi connectivity index (χ0v) is 20.9. The highest BCUT2D eigenvalue weighted by molar-refractivity contribution is 7.92. The molecule has 1 aliphatic heterocycles. The summed E-state index contributed by atoms with van der Waals surface area (Å²) < 4.78 is 33.8. The SMILES string of the molecule is COc1cc(NS(=O)(=O)c2ccc3c(c2)C(=O)CC(c2cccc(C(=O)C(C)C)c2)N3)ccc1C. The maximum atomic E-state index is 13.0. The first-order chi connectivity index (χ1) is 16.6. The fourth-order valence-corrected chi connectivity index (χ4v) is 5.20. The van der Waals surface area contributed by atoms with Gasteiger partial charge in [-0.2, -0.15) is 0 Å². The van der Waals surface area contributed by atoms with E-state index in [0.29, 0.717) is 28.3 Å². The van der Waals surface area contributed by atoms with E-state index in [1.54, 1.807) is 30.3 Å². The number of Topliss-reactive ketones (excluding diaryl/α,β-unsaturated/α-hetero) is 2. The summed E-state index contributed by atoms with van der Waals surface area (Å²) in [5.74, 6) is 0.323. The Bertz CT molecular complexity index is 1410. The number of hydrogen-bond donors (Lipinski definition) is 2. The molecule has 7 nitrogen and oxygen atoms in total. The number of carbonyl (C=O) groups excluding carboxylic acids is 2. The Kier molecular flexibility index (Phi) is 6.67. The quantitative estimate of drug-likeness (QED) is 0.429. The van der Waals surface area contributed by atoms with Crippen LogP contribution in [-0.4, -0.2) is 27.1 Å². The molecule has 0 fully saturated rings. The number of nitrogens with one attached hydrogen (secondary N) is 2. The molecule has 8 heteroatoms. The minimum Gasteiger partial charge on any atom is -0.496 e. The molecule has 3 aromatic carbocycles. The van der Waals surface area contributed by atoms with Crippen LogP contribution in [0.2, 0.25) is 0 Å². The van der Waals surface area contributed by atoms with Crippen LogP contribution in [0.25, 0.3) is 0 Å². The number of sulfonamides is 1. The highest BCUT2D eigenvalue weighted by Crippen LogP contribution is 2.35. The highest BCUT2D eigenvalue weighted by atomic mass is 32.2. The van der Waals surface area contributed by atoms with Crippen molar-refractivity contribution in [3.8, 4) is 5.75 Å². The van der Waals surface area contributed by atoms with Gasteiger partial charge in [0.15, 0.2) is 11.6 Å². The third-order valence-corrected chi connectivity index (χ3v) is 7.46. The van der Waals surface area contributed by atoms with Gasteiger partial charge in [-0.15, -0.1) is 0 Å². The molecule has 1 unspecified atom stereocenters. The maximum Gasteiger partial charge on any atom is 0.261 e. The summed E-state index contributed by atoms with van der Waals surface area (Å²) >= 11 is 0. The van der Waals surface area contributed by atoms with E-state index in [0.717, 1.165) is 11.1 Å². The average Bonchev–Trinajstić information content (AvgIpc) is 2.84. The molecule has 35 heavy (non-hydrogen) atoms. The average molecular weight is 493 g/mol. The molecule has 1 heterocycles. The van der Waals surface area contributed by atoms with E-state index < -0.39 is 10.0 Å². The van der Waals surface area contributed by atoms with Crippen LogP contribution in [0.3, 0.4) is 0 Å². The van der Waals surface area contributed by atoms with E-state index in [4.69, 9.17) is 4.74 Å². The van der Waals surface area contributed by atoms with Gasteiger partial charge in [-0.3, -0.25) is 14.3 Å². The van der Waals surface area contributed by atoms with E-state index in [1.807, 2.05) is 39.0 Å². The van der Waals surface area contributed by atoms with Gasteiger partial charge in [0, 0.05) is 35.2 Å². The normalized spacial score (nSPS) is 15.3. The van der Waals surface area contributed by atoms with E-state index in [1.165, 1.54) is 19.2 Å². The molecule has 0 radical (unpaired) electrons. The third-order valence-electron chi connectivity index (χ3n) is 6.08. The molecule has 0 aliphatic carbocycles. The van der Waals surface area contributed by atoms with Crippen molar-refractivity contribution in [2.75, 3.05) is 17.1 Å². The Balaban J connectivity index is 1.59. The van der Waals surface area contributed by atoms with Crippen molar-refractivity contribution < 1.29 is 22.7 Å². The van der Waals surface area contributed by atoms with Crippen LogP contribution in [0.4, 0.5) is 11.4 Å². The third kappa shape index (κ3) is 5.07. The van der Waals surface area contributed by atoms with Crippen LogP contribution in [-0.2, 0) is 10.0 Å². The minimum atomic E-state index is -3.92. The van der Waals surface area contributed by atoms with Gasteiger partial charge in [0.1, 0.15) is 5.75 Å². The van der Waals surface area contributed by atoms with Gasteiger partial charge < -0.3 is 10.1 Å². The molecule has 2 N–H and O–H groups in total. The van der Waals surface area contributed by atoms with Crippen molar-refractivity contribution in [2.24, 2.45) is 5.92 Å². The predicted octanol–water partition coefficient (Wildman–Crippen LogP) is 5.38. The summed E-state index contributed by atoms with van der Waals surface area (Å²) in [5.41, 5.74) is 3.57. The monoisotopic (exact) mass is 492 g/mol. The lowest BCUT2D eigenvalue weighted by atomic mass is 9.90. The van der Waals surface area contributed by atoms with Crippen LogP contribution < -0.4 is 14.8 Å². The summed E-state index contributed by atoms with van der Waals surface area (Å²) in [7, 11) is -2.40. The molecular formula is C27H28N2O5S. The number of benzene rings is 3. The van der Waals surface area contributed by atoms with E-state index in [2.05, 4.69) is 10.0 Å². The minimum absolute atomic E-state index is 0.00563. The zero-order chi connectivity index (χ0) is 25.3. The molecule has 0 saturated heterocycles. The lowest BCUT2D eigenvalue weighted by Crippen LogP contribution is -2.24. The summed E-state index contributed by atoms with van der Waals surface area (Å²) in [5, 5.41) is 3.32. The van der Waals surface area contributed by atoms with Crippen LogP contribution in [0.5, 0.6) is 5.75 Å². The highest BCUT2D eigenvalue weighted by Gasteiger charge is 2.28. The van der Waals surface area contributed by atoms with Gasteiger partial charge in [-0.1, -0.05) is 38.1 Å². The number of anilines is 2. The molecule has 0 bridgehead atoms. The Morgan fingerprint density at radius 2 is 1.86 bits per heavy atom. The second-order valence-corrected chi connectivity index (χ2v) is 10.6. The van der Waals surface area contributed by atoms with Gasteiger partial charge in [0.25, 0.3) is 10.0 Å². The molecule has 0 saturated carbocycles. The van der Waals surface area contributed by atoms with Gasteiger partial charge >= 0.3 is 0 Å².